The summed E-state index contributed by atoms with van der Waals surface area (Å²) in [6.07, 6.45) is 2.20. The van der Waals surface area contributed by atoms with Gasteiger partial charge in [0.1, 0.15) is 5.15 Å². The van der Waals surface area contributed by atoms with Crippen LogP contribution in [-0.4, -0.2) is 38.3 Å². The fraction of sp³-hybridized carbons (Fsp3) is 0.667. The molecule has 0 saturated carbocycles. The van der Waals surface area contributed by atoms with Crippen LogP contribution in [0.1, 0.15) is 30.5 Å². The Morgan fingerprint density at radius 1 is 1.61 bits per heavy atom. The number of halogens is 1. The zero-order valence-corrected chi connectivity index (χ0v) is 11.4. The van der Waals surface area contributed by atoms with Crippen molar-refractivity contribution in [2.24, 2.45) is 7.05 Å². The molecule has 5 nitrogen and oxygen atoms in total. The molecule has 0 amide bonds. The number of carbonyl (C=O) groups is 1. The zero-order chi connectivity index (χ0) is 13.3. The second kappa shape index (κ2) is 5.28. The molecular formula is C12H18ClN3O2. The lowest BCUT2D eigenvalue weighted by Crippen LogP contribution is -2.31. The summed E-state index contributed by atoms with van der Waals surface area (Å²) >= 11 is 6.20. The van der Waals surface area contributed by atoms with E-state index in [0.29, 0.717) is 11.7 Å². The predicted octanol–water partition coefficient (Wildman–Crippen LogP) is 1.82. The molecular weight excluding hydrogens is 254 g/mol. The summed E-state index contributed by atoms with van der Waals surface area (Å²) in [4.78, 5) is 13.0. The topological polar surface area (TPSA) is 58.4 Å². The fourth-order valence-electron chi connectivity index (χ4n) is 2.59. The number of nitrogens with zero attached hydrogens (tertiary/aromatic N) is 3. The van der Waals surface area contributed by atoms with Crippen LogP contribution in [0.5, 0.6) is 0 Å². The van der Waals surface area contributed by atoms with Gasteiger partial charge in [0, 0.05) is 25.2 Å². The number of hydrogen-bond acceptors (Lipinski definition) is 3. The van der Waals surface area contributed by atoms with Crippen LogP contribution in [0.3, 0.4) is 0 Å². The number of hydrogen-bond donors (Lipinski definition) is 1. The normalized spacial score (nSPS) is 20.5. The molecule has 2 heterocycles. The smallest absolute Gasteiger partial charge is 0.304 e. The quantitative estimate of drug-likeness (QED) is 0.908. The highest BCUT2D eigenvalue weighted by Crippen LogP contribution is 2.26. The van der Waals surface area contributed by atoms with Crippen LogP contribution in [0.2, 0.25) is 5.15 Å². The molecule has 1 aromatic heterocycles. The molecule has 2 rings (SSSR count). The summed E-state index contributed by atoms with van der Waals surface area (Å²) in [5, 5.41) is 13.8. The van der Waals surface area contributed by atoms with Gasteiger partial charge in [-0.3, -0.25) is 14.4 Å². The number of likely N-dealkylation sites (tertiary alicyclic amines) is 1. The lowest BCUT2D eigenvalue weighted by Gasteiger charge is -2.22. The Hall–Kier alpha value is -1.07. The van der Waals surface area contributed by atoms with E-state index in [1.165, 1.54) is 0 Å². The molecule has 6 heteroatoms. The predicted molar refractivity (Wildman–Crippen MR) is 68.6 cm³/mol. The highest BCUT2D eigenvalue weighted by Gasteiger charge is 2.28. The largest absolute Gasteiger partial charge is 0.481 e. The molecule has 1 saturated heterocycles. The van der Waals surface area contributed by atoms with Gasteiger partial charge in [-0.2, -0.15) is 5.10 Å². The van der Waals surface area contributed by atoms with E-state index >= 15 is 0 Å². The van der Waals surface area contributed by atoms with Gasteiger partial charge in [0.25, 0.3) is 0 Å². The SMILES string of the molecule is Cc1nn(C)c(Cl)c1CN1CCCC1CC(=O)O. The third-order valence-electron chi connectivity index (χ3n) is 3.54. The van der Waals surface area contributed by atoms with Gasteiger partial charge in [-0.1, -0.05) is 11.6 Å². The van der Waals surface area contributed by atoms with E-state index in [9.17, 15) is 4.79 Å². The van der Waals surface area contributed by atoms with Gasteiger partial charge in [0.2, 0.25) is 0 Å². The molecule has 1 atom stereocenters. The van der Waals surface area contributed by atoms with E-state index in [1.54, 1.807) is 4.68 Å². The minimum Gasteiger partial charge on any atom is -0.481 e. The highest BCUT2D eigenvalue weighted by atomic mass is 35.5. The fourth-order valence-corrected chi connectivity index (χ4v) is 2.83. The number of carboxylic acid groups (broad SMARTS) is 1. The number of aliphatic carboxylic acids is 1. The molecule has 0 bridgehead atoms. The second-order valence-corrected chi connectivity index (χ2v) is 5.20. The van der Waals surface area contributed by atoms with Crippen LogP contribution in [-0.2, 0) is 18.4 Å². The van der Waals surface area contributed by atoms with Crippen molar-refractivity contribution in [3.05, 3.63) is 16.4 Å². The Morgan fingerprint density at radius 2 is 2.33 bits per heavy atom. The van der Waals surface area contributed by atoms with E-state index in [-0.39, 0.29) is 12.5 Å². The third kappa shape index (κ3) is 2.67. The van der Waals surface area contributed by atoms with Crippen molar-refractivity contribution in [1.82, 2.24) is 14.7 Å². The summed E-state index contributed by atoms with van der Waals surface area (Å²) in [5.74, 6) is -0.735. The average molecular weight is 272 g/mol. The van der Waals surface area contributed by atoms with Gasteiger partial charge in [-0.15, -0.1) is 0 Å². The molecule has 0 aliphatic carbocycles. The molecule has 18 heavy (non-hydrogen) atoms. The first-order valence-electron chi connectivity index (χ1n) is 6.13. The van der Waals surface area contributed by atoms with Crippen LogP contribution >= 0.6 is 11.6 Å². The molecule has 0 aromatic carbocycles. The van der Waals surface area contributed by atoms with Crippen LogP contribution in [0.25, 0.3) is 0 Å². The molecule has 1 unspecified atom stereocenters. The summed E-state index contributed by atoms with van der Waals surface area (Å²) in [6, 6.07) is 0.123. The maximum atomic E-state index is 10.8. The van der Waals surface area contributed by atoms with Crippen LogP contribution in [0.15, 0.2) is 0 Å². The summed E-state index contributed by atoms with van der Waals surface area (Å²) in [7, 11) is 1.82. The monoisotopic (exact) mass is 271 g/mol. The van der Waals surface area contributed by atoms with Crippen molar-refractivity contribution in [2.75, 3.05) is 6.54 Å². The lowest BCUT2D eigenvalue weighted by atomic mass is 10.1. The minimum absolute atomic E-state index is 0.123. The van der Waals surface area contributed by atoms with Gasteiger partial charge in [0.15, 0.2) is 0 Å². The van der Waals surface area contributed by atoms with E-state index in [4.69, 9.17) is 16.7 Å². The summed E-state index contributed by atoms with van der Waals surface area (Å²) < 4.78 is 1.66. The lowest BCUT2D eigenvalue weighted by molar-refractivity contribution is -0.138. The van der Waals surface area contributed by atoms with Gasteiger partial charge in [-0.05, 0) is 26.3 Å². The maximum absolute atomic E-state index is 10.8. The van der Waals surface area contributed by atoms with Crippen molar-refractivity contribution in [3.63, 3.8) is 0 Å². The summed E-state index contributed by atoms with van der Waals surface area (Å²) in [6.45, 7) is 3.56. The van der Waals surface area contributed by atoms with Crippen LogP contribution < -0.4 is 0 Å². The van der Waals surface area contributed by atoms with Gasteiger partial charge in [0.05, 0.1) is 12.1 Å². The third-order valence-corrected chi connectivity index (χ3v) is 4.01. The van der Waals surface area contributed by atoms with E-state index < -0.39 is 5.97 Å². The Labute approximate surface area is 111 Å². The Balaban J connectivity index is 2.10. The number of carboxylic acids is 1. The van der Waals surface area contributed by atoms with E-state index in [2.05, 4.69) is 10.00 Å². The second-order valence-electron chi connectivity index (χ2n) is 4.84. The molecule has 100 valence electrons. The van der Waals surface area contributed by atoms with Crippen molar-refractivity contribution in [1.29, 1.82) is 0 Å². The van der Waals surface area contributed by atoms with E-state index in [0.717, 1.165) is 30.6 Å². The molecule has 1 aliphatic heterocycles. The van der Waals surface area contributed by atoms with Gasteiger partial charge >= 0.3 is 5.97 Å². The van der Waals surface area contributed by atoms with Crippen LogP contribution in [0, 0.1) is 6.92 Å². The minimum atomic E-state index is -0.735. The van der Waals surface area contributed by atoms with Crippen molar-refractivity contribution in [2.45, 2.75) is 38.8 Å². The van der Waals surface area contributed by atoms with Crippen molar-refractivity contribution < 1.29 is 9.90 Å². The molecule has 0 spiro atoms. The molecule has 1 aromatic rings. The molecule has 1 N–H and O–H groups in total. The summed E-state index contributed by atoms with van der Waals surface area (Å²) in [5.41, 5.74) is 1.93. The molecule has 1 aliphatic rings. The number of aryl methyl sites for hydroxylation is 2. The number of aromatic nitrogens is 2. The molecule has 0 radical (unpaired) electrons. The molecule has 1 fully saturated rings. The van der Waals surface area contributed by atoms with Crippen molar-refractivity contribution in [3.8, 4) is 0 Å². The average Bonchev–Trinajstić information content (AvgIpc) is 2.79. The maximum Gasteiger partial charge on any atom is 0.304 e. The van der Waals surface area contributed by atoms with Crippen molar-refractivity contribution >= 4 is 17.6 Å². The first-order valence-corrected chi connectivity index (χ1v) is 6.50. The van der Waals surface area contributed by atoms with Crippen LogP contribution in [0.4, 0.5) is 0 Å². The zero-order valence-electron chi connectivity index (χ0n) is 10.7. The van der Waals surface area contributed by atoms with E-state index in [1.807, 2.05) is 14.0 Å². The Morgan fingerprint density at radius 3 is 2.89 bits per heavy atom. The first kappa shape index (κ1) is 13.4. The highest BCUT2D eigenvalue weighted by molar-refractivity contribution is 6.30. The Kier molecular flexibility index (Phi) is 3.92. The standard InChI is InChI=1S/C12H18ClN3O2/c1-8-10(12(13)15(2)14-8)7-16-5-3-4-9(16)6-11(17)18/h9H,3-7H2,1-2H3,(H,17,18). The number of rotatable bonds is 4. The Bertz CT molecular complexity index is 458. The first-order chi connectivity index (χ1) is 8.49. The van der Waals surface area contributed by atoms with Gasteiger partial charge in [-0.25, -0.2) is 0 Å². The van der Waals surface area contributed by atoms with Gasteiger partial charge < -0.3 is 5.11 Å².